The maximum Gasteiger partial charge on any atom is 0.161 e. The molecule has 118 valence electrons. The van der Waals surface area contributed by atoms with Gasteiger partial charge in [0.15, 0.2) is 11.5 Å². The summed E-state index contributed by atoms with van der Waals surface area (Å²) in [5.74, 6) is 1.49. The molecule has 1 heterocycles. The molecular weight excluding hydrogens is 306 g/mol. The van der Waals surface area contributed by atoms with Crippen molar-refractivity contribution in [3.05, 3.63) is 53.4 Å². The van der Waals surface area contributed by atoms with Crippen LogP contribution >= 0.6 is 11.3 Å². The summed E-state index contributed by atoms with van der Waals surface area (Å²) in [7, 11) is 1.65. The topological polar surface area (TPSA) is 31.4 Å². The zero-order valence-electron chi connectivity index (χ0n) is 13.5. The molecule has 0 aliphatic carbocycles. The predicted octanol–water partition coefficient (Wildman–Crippen LogP) is 5.19. The highest BCUT2D eigenvalue weighted by atomic mass is 32.1. The Bertz CT molecular complexity index is 793. The van der Waals surface area contributed by atoms with E-state index in [9.17, 15) is 0 Å². The van der Waals surface area contributed by atoms with E-state index < -0.39 is 0 Å². The molecule has 3 aromatic rings. The van der Waals surface area contributed by atoms with Crippen LogP contribution in [-0.4, -0.2) is 18.7 Å². The third-order valence-corrected chi connectivity index (χ3v) is 4.45. The average Bonchev–Trinajstić information content (AvgIpc) is 3.06. The SMILES string of the molecule is CCOc1ccc(-c2nc(-c3ccc(C)cc3)cs2)cc1OC. The van der Waals surface area contributed by atoms with Crippen LogP contribution in [0.2, 0.25) is 0 Å². The Morgan fingerprint density at radius 1 is 1.00 bits per heavy atom. The highest BCUT2D eigenvalue weighted by molar-refractivity contribution is 7.13. The van der Waals surface area contributed by atoms with Gasteiger partial charge in [-0.3, -0.25) is 0 Å². The molecular formula is C19H19NO2S. The second-order valence-corrected chi connectivity index (χ2v) is 6.06. The maximum absolute atomic E-state index is 5.56. The van der Waals surface area contributed by atoms with Crippen LogP contribution in [0.3, 0.4) is 0 Å². The van der Waals surface area contributed by atoms with Gasteiger partial charge in [-0.2, -0.15) is 0 Å². The molecule has 0 bridgehead atoms. The first-order chi connectivity index (χ1) is 11.2. The van der Waals surface area contributed by atoms with Gasteiger partial charge in [-0.25, -0.2) is 4.98 Å². The smallest absolute Gasteiger partial charge is 0.161 e. The van der Waals surface area contributed by atoms with E-state index in [1.807, 2.05) is 25.1 Å². The summed E-state index contributed by atoms with van der Waals surface area (Å²) in [6.45, 7) is 4.66. The zero-order valence-corrected chi connectivity index (χ0v) is 14.3. The van der Waals surface area contributed by atoms with E-state index in [2.05, 4.69) is 36.6 Å². The van der Waals surface area contributed by atoms with Gasteiger partial charge in [-0.05, 0) is 32.0 Å². The maximum atomic E-state index is 5.56. The number of nitrogens with zero attached hydrogens (tertiary/aromatic N) is 1. The summed E-state index contributed by atoms with van der Waals surface area (Å²) in [4.78, 5) is 4.75. The highest BCUT2D eigenvalue weighted by Crippen LogP contribution is 2.35. The van der Waals surface area contributed by atoms with Gasteiger partial charge >= 0.3 is 0 Å². The highest BCUT2D eigenvalue weighted by Gasteiger charge is 2.10. The van der Waals surface area contributed by atoms with E-state index in [0.717, 1.165) is 33.3 Å². The minimum absolute atomic E-state index is 0.616. The Hall–Kier alpha value is -2.33. The molecule has 3 rings (SSSR count). The second-order valence-electron chi connectivity index (χ2n) is 5.20. The Balaban J connectivity index is 1.92. The van der Waals surface area contributed by atoms with Crippen molar-refractivity contribution in [3.8, 4) is 33.3 Å². The predicted molar refractivity (Wildman–Crippen MR) is 95.4 cm³/mol. The summed E-state index contributed by atoms with van der Waals surface area (Å²) in [6.07, 6.45) is 0. The Kier molecular flexibility index (Phi) is 4.63. The van der Waals surface area contributed by atoms with Crippen LogP contribution in [-0.2, 0) is 0 Å². The van der Waals surface area contributed by atoms with Crippen molar-refractivity contribution in [2.75, 3.05) is 13.7 Å². The molecule has 0 amide bonds. The molecule has 2 aromatic carbocycles. The lowest BCUT2D eigenvalue weighted by Crippen LogP contribution is -1.95. The molecule has 0 saturated heterocycles. The molecule has 0 radical (unpaired) electrons. The monoisotopic (exact) mass is 325 g/mol. The average molecular weight is 325 g/mol. The summed E-state index contributed by atoms with van der Waals surface area (Å²) >= 11 is 1.63. The van der Waals surface area contributed by atoms with E-state index in [1.54, 1.807) is 18.4 Å². The lowest BCUT2D eigenvalue weighted by atomic mass is 10.1. The zero-order chi connectivity index (χ0) is 16.2. The molecule has 0 fully saturated rings. The van der Waals surface area contributed by atoms with E-state index >= 15 is 0 Å². The van der Waals surface area contributed by atoms with Gasteiger partial charge in [-0.15, -0.1) is 11.3 Å². The fraction of sp³-hybridized carbons (Fsp3) is 0.211. The van der Waals surface area contributed by atoms with E-state index in [1.165, 1.54) is 5.56 Å². The number of benzene rings is 2. The minimum Gasteiger partial charge on any atom is -0.493 e. The van der Waals surface area contributed by atoms with Crippen LogP contribution in [0.1, 0.15) is 12.5 Å². The molecule has 0 spiro atoms. The van der Waals surface area contributed by atoms with Crippen LogP contribution in [0.25, 0.3) is 21.8 Å². The van der Waals surface area contributed by atoms with Crippen molar-refractivity contribution in [2.45, 2.75) is 13.8 Å². The third-order valence-electron chi connectivity index (χ3n) is 3.56. The van der Waals surface area contributed by atoms with E-state index in [0.29, 0.717) is 6.61 Å². The molecule has 3 nitrogen and oxygen atoms in total. The molecule has 0 N–H and O–H groups in total. The summed E-state index contributed by atoms with van der Waals surface area (Å²) in [5, 5.41) is 3.06. The molecule has 23 heavy (non-hydrogen) atoms. The van der Waals surface area contributed by atoms with Gasteiger partial charge in [0.25, 0.3) is 0 Å². The molecule has 0 aliphatic heterocycles. The van der Waals surface area contributed by atoms with Crippen molar-refractivity contribution < 1.29 is 9.47 Å². The Labute approximate surface area is 140 Å². The second kappa shape index (κ2) is 6.84. The fourth-order valence-electron chi connectivity index (χ4n) is 2.34. The van der Waals surface area contributed by atoms with Gasteiger partial charge in [0.2, 0.25) is 0 Å². The molecule has 0 aliphatic rings. The van der Waals surface area contributed by atoms with Crippen molar-refractivity contribution in [1.29, 1.82) is 0 Å². The van der Waals surface area contributed by atoms with Gasteiger partial charge in [0.1, 0.15) is 5.01 Å². The van der Waals surface area contributed by atoms with Gasteiger partial charge in [0.05, 0.1) is 19.4 Å². The lowest BCUT2D eigenvalue weighted by molar-refractivity contribution is 0.311. The molecule has 0 atom stereocenters. The first-order valence-corrected chi connectivity index (χ1v) is 8.43. The summed E-state index contributed by atoms with van der Waals surface area (Å²) < 4.78 is 11.0. The number of aryl methyl sites for hydroxylation is 1. The number of rotatable bonds is 5. The number of hydrogen-bond acceptors (Lipinski definition) is 4. The summed E-state index contributed by atoms with van der Waals surface area (Å²) in [6, 6.07) is 14.3. The standard InChI is InChI=1S/C19H19NO2S/c1-4-22-17-10-9-15(11-18(17)21-3)19-20-16(12-23-19)14-7-5-13(2)6-8-14/h5-12H,4H2,1-3H3. The van der Waals surface area contributed by atoms with Crippen LogP contribution in [0.5, 0.6) is 11.5 Å². The van der Waals surface area contributed by atoms with Crippen LogP contribution in [0.15, 0.2) is 47.8 Å². The fourth-order valence-corrected chi connectivity index (χ4v) is 3.16. The molecule has 0 saturated carbocycles. The van der Waals surface area contributed by atoms with Gasteiger partial charge < -0.3 is 9.47 Å². The largest absolute Gasteiger partial charge is 0.493 e. The van der Waals surface area contributed by atoms with Crippen molar-refractivity contribution in [1.82, 2.24) is 4.98 Å². The first kappa shape index (κ1) is 15.6. The number of aromatic nitrogens is 1. The molecule has 4 heteroatoms. The Morgan fingerprint density at radius 2 is 1.74 bits per heavy atom. The van der Waals surface area contributed by atoms with E-state index in [-0.39, 0.29) is 0 Å². The van der Waals surface area contributed by atoms with Crippen molar-refractivity contribution >= 4 is 11.3 Å². The lowest BCUT2D eigenvalue weighted by Gasteiger charge is -2.09. The van der Waals surface area contributed by atoms with Crippen molar-refractivity contribution in [3.63, 3.8) is 0 Å². The van der Waals surface area contributed by atoms with Crippen LogP contribution in [0, 0.1) is 6.92 Å². The normalized spacial score (nSPS) is 10.6. The number of thiazole rings is 1. The van der Waals surface area contributed by atoms with Gasteiger partial charge in [-0.1, -0.05) is 29.8 Å². The van der Waals surface area contributed by atoms with E-state index in [4.69, 9.17) is 14.5 Å². The summed E-state index contributed by atoms with van der Waals surface area (Å²) in [5.41, 5.74) is 4.42. The van der Waals surface area contributed by atoms with Crippen LogP contribution < -0.4 is 9.47 Å². The molecule has 1 aromatic heterocycles. The van der Waals surface area contributed by atoms with Crippen molar-refractivity contribution in [2.24, 2.45) is 0 Å². The quantitative estimate of drug-likeness (QED) is 0.646. The van der Waals surface area contributed by atoms with Crippen LogP contribution in [0.4, 0.5) is 0 Å². The minimum atomic E-state index is 0.616. The number of hydrogen-bond donors (Lipinski definition) is 0. The number of ether oxygens (including phenoxy) is 2. The first-order valence-electron chi connectivity index (χ1n) is 7.55. The number of methoxy groups -OCH3 is 1. The Morgan fingerprint density at radius 3 is 2.43 bits per heavy atom. The van der Waals surface area contributed by atoms with Gasteiger partial charge in [0, 0.05) is 16.5 Å². The third kappa shape index (κ3) is 3.37. The molecule has 0 unspecified atom stereocenters.